The van der Waals surface area contributed by atoms with Crippen molar-refractivity contribution in [2.75, 3.05) is 6.61 Å². The molecule has 0 bridgehead atoms. The van der Waals surface area contributed by atoms with Gasteiger partial charge in [0.1, 0.15) is 5.75 Å². The summed E-state index contributed by atoms with van der Waals surface area (Å²) in [6, 6.07) is 8.00. The summed E-state index contributed by atoms with van der Waals surface area (Å²) < 4.78 is 5.76. The molecule has 0 fully saturated rings. The van der Waals surface area contributed by atoms with Gasteiger partial charge in [0.2, 0.25) is 0 Å². The Hall–Kier alpha value is -0.436. The van der Waals surface area contributed by atoms with Gasteiger partial charge in [-0.1, -0.05) is 68.2 Å². The molecule has 0 spiro atoms. The number of aliphatic hydroxyl groups is 1. The Morgan fingerprint density at radius 1 is 1.00 bits per heavy atom. The third kappa shape index (κ3) is 12.1. The summed E-state index contributed by atoms with van der Waals surface area (Å²) >= 11 is 0. The van der Waals surface area contributed by atoms with E-state index in [-0.39, 0.29) is 52.9 Å². The van der Waals surface area contributed by atoms with Crippen molar-refractivity contribution in [3.8, 4) is 5.75 Å². The number of rotatable bonds is 5. The zero-order chi connectivity index (χ0) is 14.1. The normalized spacial score (nSPS) is 12.3. The summed E-state index contributed by atoms with van der Waals surface area (Å²) in [4.78, 5) is 0. The number of aryl methyl sites for hydroxylation is 1. The minimum Gasteiger partial charge on any atom is -0.493 e. The van der Waals surface area contributed by atoms with E-state index in [1.54, 1.807) is 0 Å². The molecule has 0 saturated heterocycles. The summed E-state index contributed by atoms with van der Waals surface area (Å²) in [7, 11) is 0. The quantitative estimate of drug-likeness (QED) is 0.709. The molecule has 1 radical (unpaired) electrons. The van der Waals surface area contributed by atoms with Gasteiger partial charge in [-0.25, -0.2) is 0 Å². The van der Waals surface area contributed by atoms with E-state index in [0.29, 0.717) is 12.5 Å². The molecule has 0 amide bonds. The van der Waals surface area contributed by atoms with E-state index >= 15 is 0 Å². The first-order valence-corrected chi connectivity index (χ1v) is 6.89. The van der Waals surface area contributed by atoms with Crippen LogP contribution in [0, 0.1) is 18.8 Å². The van der Waals surface area contributed by atoms with Crippen molar-refractivity contribution >= 4 is 0 Å². The van der Waals surface area contributed by atoms with Crippen LogP contribution in [0.3, 0.4) is 0 Å². The van der Waals surface area contributed by atoms with Crippen LogP contribution in [0.1, 0.15) is 62.5 Å². The number of aliphatic hydroxyl groups excluding tert-OH is 1. The fourth-order valence-electron chi connectivity index (χ4n) is 1.57. The first kappa shape index (κ1) is 33.2. The molecule has 3 unspecified atom stereocenters. The fourth-order valence-corrected chi connectivity index (χ4v) is 1.57. The maximum atomic E-state index is 9.49. The zero-order valence-electron chi connectivity index (χ0n) is 13.1. The summed E-state index contributed by atoms with van der Waals surface area (Å²) in [6.07, 6.45) is -0.282. The van der Waals surface area contributed by atoms with Crippen molar-refractivity contribution in [3.05, 3.63) is 29.8 Å². The Morgan fingerprint density at radius 3 is 1.86 bits per heavy atom. The van der Waals surface area contributed by atoms with E-state index in [9.17, 15) is 5.11 Å². The monoisotopic (exact) mass is 351 g/mol. The van der Waals surface area contributed by atoms with Gasteiger partial charge in [-0.05, 0) is 37.3 Å². The van der Waals surface area contributed by atoms with E-state index in [2.05, 4.69) is 13.8 Å². The molecular formula is C19H40O2V. The van der Waals surface area contributed by atoms with Gasteiger partial charge in [0, 0.05) is 18.6 Å². The van der Waals surface area contributed by atoms with Gasteiger partial charge >= 0.3 is 0 Å². The zero-order valence-corrected chi connectivity index (χ0v) is 14.4. The van der Waals surface area contributed by atoms with E-state index in [1.807, 2.05) is 52.0 Å². The molecule has 1 N–H and O–H groups in total. The maximum Gasteiger partial charge on any atom is 0.122 e. The van der Waals surface area contributed by atoms with Crippen LogP contribution in [0.25, 0.3) is 0 Å². The van der Waals surface area contributed by atoms with Crippen LogP contribution in [0.15, 0.2) is 24.3 Å². The summed E-state index contributed by atoms with van der Waals surface area (Å²) in [5.41, 5.74) is 1.15. The number of para-hydroxylation sites is 1. The molecular weight excluding hydrogens is 311 g/mol. The molecule has 0 aliphatic heterocycles. The second-order valence-corrected chi connectivity index (χ2v) is 4.65. The largest absolute Gasteiger partial charge is 0.493 e. The van der Waals surface area contributed by atoms with Crippen LogP contribution in [-0.2, 0) is 18.6 Å². The fraction of sp³-hybridized carbons (Fsp3) is 0.684. The van der Waals surface area contributed by atoms with E-state index < -0.39 is 0 Å². The molecule has 133 valence electrons. The van der Waals surface area contributed by atoms with Crippen LogP contribution < -0.4 is 4.74 Å². The average Bonchev–Trinajstić information content (AvgIpc) is 2.38. The van der Waals surface area contributed by atoms with Crippen molar-refractivity contribution in [2.24, 2.45) is 11.8 Å². The SMILES string of the molecule is C.C.C.CC.Cc1ccccc1OCC(C)C(C)C(C)O.[V]. The molecule has 22 heavy (non-hydrogen) atoms. The summed E-state index contributed by atoms with van der Waals surface area (Å²) in [5, 5.41) is 9.49. The minimum absolute atomic E-state index is 0. The molecule has 2 nitrogen and oxygen atoms in total. The van der Waals surface area contributed by atoms with Gasteiger partial charge in [-0.2, -0.15) is 0 Å². The molecule has 0 heterocycles. The van der Waals surface area contributed by atoms with Crippen molar-refractivity contribution in [2.45, 2.75) is 69.9 Å². The molecule has 1 rings (SSSR count). The van der Waals surface area contributed by atoms with Crippen molar-refractivity contribution in [1.82, 2.24) is 0 Å². The molecule has 1 aromatic rings. The Kier molecular flexibility index (Phi) is 28.1. The second kappa shape index (κ2) is 18.6. The molecule has 0 aliphatic rings. The van der Waals surface area contributed by atoms with Crippen LogP contribution in [-0.4, -0.2) is 17.8 Å². The second-order valence-electron chi connectivity index (χ2n) is 4.65. The molecule has 0 aromatic heterocycles. The number of ether oxygens (including phenoxy) is 1. The standard InChI is InChI=1S/C14H22O2.C2H6.3CH4.V/c1-10-7-5-6-8-14(10)16-9-11(2)12(3)13(4)15;1-2;;;;/h5-8,11-13,15H,9H2,1-4H3;1-2H3;3*1H4;. The first-order chi connectivity index (χ1) is 8.52. The van der Waals surface area contributed by atoms with Gasteiger partial charge in [-0.15, -0.1) is 0 Å². The van der Waals surface area contributed by atoms with Crippen molar-refractivity contribution in [1.29, 1.82) is 0 Å². The van der Waals surface area contributed by atoms with Crippen LogP contribution >= 0.6 is 0 Å². The predicted molar refractivity (Wildman–Crippen MR) is 98.2 cm³/mol. The average molecular weight is 351 g/mol. The minimum atomic E-state index is -0.282. The third-order valence-electron chi connectivity index (χ3n) is 3.25. The van der Waals surface area contributed by atoms with Crippen molar-refractivity contribution < 1.29 is 28.4 Å². The Morgan fingerprint density at radius 2 is 1.45 bits per heavy atom. The van der Waals surface area contributed by atoms with E-state index in [1.165, 1.54) is 0 Å². The van der Waals surface area contributed by atoms with E-state index in [4.69, 9.17) is 4.74 Å². The predicted octanol–water partition coefficient (Wildman–Crippen LogP) is 5.96. The van der Waals surface area contributed by atoms with Gasteiger partial charge < -0.3 is 9.84 Å². The van der Waals surface area contributed by atoms with Crippen LogP contribution in [0.5, 0.6) is 5.75 Å². The smallest absolute Gasteiger partial charge is 0.122 e. The summed E-state index contributed by atoms with van der Waals surface area (Å²) in [6.45, 7) is 12.7. The van der Waals surface area contributed by atoms with Crippen LogP contribution in [0.4, 0.5) is 0 Å². The molecule has 3 atom stereocenters. The molecule has 0 aliphatic carbocycles. The topological polar surface area (TPSA) is 29.5 Å². The summed E-state index contributed by atoms with van der Waals surface area (Å²) in [5.74, 6) is 1.54. The van der Waals surface area contributed by atoms with Gasteiger partial charge in [0.05, 0.1) is 12.7 Å². The Bertz CT molecular complexity index is 327. The van der Waals surface area contributed by atoms with Gasteiger partial charge in [0.25, 0.3) is 0 Å². The Labute approximate surface area is 152 Å². The Balaban J connectivity index is -0.000000154. The third-order valence-corrected chi connectivity index (χ3v) is 3.25. The first-order valence-electron chi connectivity index (χ1n) is 6.89. The number of benzene rings is 1. The van der Waals surface area contributed by atoms with Gasteiger partial charge in [0.15, 0.2) is 0 Å². The molecule has 1 aromatic carbocycles. The molecule has 0 saturated carbocycles. The molecule has 3 heteroatoms. The van der Waals surface area contributed by atoms with Gasteiger partial charge in [-0.3, -0.25) is 0 Å². The maximum absolute atomic E-state index is 9.49. The van der Waals surface area contributed by atoms with Crippen LogP contribution in [0.2, 0.25) is 0 Å². The van der Waals surface area contributed by atoms with E-state index in [0.717, 1.165) is 11.3 Å². The number of hydrogen-bond acceptors (Lipinski definition) is 2. The van der Waals surface area contributed by atoms with Crippen molar-refractivity contribution in [3.63, 3.8) is 0 Å². The number of hydrogen-bond donors (Lipinski definition) is 1.